The van der Waals surface area contributed by atoms with Crippen LogP contribution in [0.25, 0.3) is 0 Å². The second-order valence-electron chi connectivity index (χ2n) is 3.42. The number of thioether (sulfide) groups is 1. The Kier molecular flexibility index (Phi) is 4.64. The number of rotatable bonds is 3. The van der Waals surface area contributed by atoms with Gasteiger partial charge in [0.15, 0.2) is 0 Å². The summed E-state index contributed by atoms with van der Waals surface area (Å²) in [5.74, 6) is 2.95. The predicted molar refractivity (Wildman–Crippen MR) is 58.0 cm³/mol. The van der Waals surface area contributed by atoms with E-state index in [1.807, 2.05) is 16.7 Å². The summed E-state index contributed by atoms with van der Waals surface area (Å²) in [6.45, 7) is 5.82. The molecule has 1 saturated heterocycles. The first-order valence-corrected chi connectivity index (χ1v) is 6.31. The van der Waals surface area contributed by atoms with Crippen molar-refractivity contribution in [3.63, 3.8) is 0 Å². The van der Waals surface area contributed by atoms with Crippen molar-refractivity contribution in [2.75, 3.05) is 24.6 Å². The van der Waals surface area contributed by atoms with E-state index >= 15 is 0 Å². The molecule has 0 aromatic heterocycles. The van der Waals surface area contributed by atoms with E-state index < -0.39 is 0 Å². The summed E-state index contributed by atoms with van der Waals surface area (Å²) in [4.78, 5) is 13.8. The number of amides is 1. The molecule has 0 aliphatic carbocycles. The fourth-order valence-corrected chi connectivity index (χ4v) is 2.86. The molecule has 13 heavy (non-hydrogen) atoms. The minimum absolute atomic E-state index is 0.304. The smallest absolute Gasteiger partial charge is 0.226 e. The Morgan fingerprint density at radius 2 is 2.15 bits per heavy atom. The zero-order valence-corrected chi connectivity index (χ0v) is 9.40. The highest BCUT2D eigenvalue weighted by Crippen LogP contribution is 2.24. The van der Waals surface area contributed by atoms with Crippen LogP contribution in [0, 0.1) is 5.92 Å². The van der Waals surface area contributed by atoms with Gasteiger partial charge in [0.1, 0.15) is 0 Å². The fourth-order valence-electron chi connectivity index (χ4n) is 1.73. The van der Waals surface area contributed by atoms with E-state index in [1.54, 1.807) is 0 Å². The third-order valence-corrected chi connectivity index (χ3v) is 3.80. The van der Waals surface area contributed by atoms with Crippen LogP contribution in [0.1, 0.15) is 26.7 Å². The van der Waals surface area contributed by atoms with Crippen molar-refractivity contribution in [2.45, 2.75) is 26.7 Å². The Morgan fingerprint density at radius 1 is 1.46 bits per heavy atom. The molecule has 1 heterocycles. The summed E-state index contributed by atoms with van der Waals surface area (Å²) < 4.78 is 0. The minimum Gasteiger partial charge on any atom is -0.343 e. The maximum atomic E-state index is 11.9. The first kappa shape index (κ1) is 10.9. The molecule has 3 heteroatoms. The quantitative estimate of drug-likeness (QED) is 0.696. The van der Waals surface area contributed by atoms with Crippen LogP contribution in [0.4, 0.5) is 0 Å². The molecule has 1 unspecified atom stereocenters. The molecule has 0 aromatic carbocycles. The van der Waals surface area contributed by atoms with Crippen LogP contribution < -0.4 is 0 Å². The average Bonchev–Trinajstić information content (AvgIpc) is 2.21. The second kappa shape index (κ2) is 5.53. The Bertz CT molecular complexity index is 162. The molecule has 0 spiro atoms. The number of hydrogen-bond donors (Lipinski definition) is 0. The van der Waals surface area contributed by atoms with Gasteiger partial charge in [0.2, 0.25) is 5.91 Å². The highest BCUT2D eigenvalue weighted by atomic mass is 32.2. The first-order chi connectivity index (χ1) is 6.29. The van der Waals surface area contributed by atoms with E-state index in [0.717, 1.165) is 25.3 Å². The maximum absolute atomic E-state index is 11.9. The SMILES string of the molecule is CCN(CC)C(=O)C1CCCSC1. The lowest BCUT2D eigenvalue weighted by Gasteiger charge is -2.27. The van der Waals surface area contributed by atoms with Gasteiger partial charge in [-0.15, -0.1) is 0 Å². The molecule has 1 aliphatic heterocycles. The van der Waals surface area contributed by atoms with Crippen molar-refractivity contribution >= 4 is 17.7 Å². The molecule has 0 N–H and O–H groups in total. The Morgan fingerprint density at radius 3 is 2.62 bits per heavy atom. The lowest BCUT2D eigenvalue weighted by molar-refractivity contribution is -0.134. The zero-order valence-electron chi connectivity index (χ0n) is 8.58. The number of hydrogen-bond acceptors (Lipinski definition) is 2. The Hall–Kier alpha value is -0.180. The summed E-state index contributed by atoms with van der Waals surface area (Å²) in [5, 5.41) is 0. The van der Waals surface area contributed by atoms with Gasteiger partial charge in [-0.2, -0.15) is 11.8 Å². The standard InChI is InChI=1S/C10H19NOS/c1-3-11(4-2)10(12)9-6-5-7-13-8-9/h9H,3-8H2,1-2H3. The molecule has 0 aromatic rings. The zero-order chi connectivity index (χ0) is 9.68. The highest BCUT2D eigenvalue weighted by molar-refractivity contribution is 7.99. The minimum atomic E-state index is 0.304. The fraction of sp³-hybridized carbons (Fsp3) is 0.900. The van der Waals surface area contributed by atoms with Crippen molar-refractivity contribution in [3.8, 4) is 0 Å². The van der Waals surface area contributed by atoms with Gasteiger partial charge in [0, 0.05) is 24.8 Å². The summed E-state index contributed by atoms with van der Waals surface area (Å²) >= 11 is 1.92. The molecular formula is C10H19NOS. The van der Waals surface area contributed by atoms with E-state index in [4.69, 9.17) is 0 Å². The van der Waals surface area contributed by atoms with E-state index in [1.165, 1.54) is 12.2 Å². The molecule has 1 rings (SSSR count). The third-order valence-electron chi connectivity index (χ3n) is 2.58. The van der Waals surface area contributed by atoms with Crippen molar-refractivity contribution < 1.29 is 4.79 Å². The molecule has 0 radical (unpaired) electrons. The van der Waals surface area contributed by atoms with Gasteiger partial charge >= 0.3 is 0 Å². The van der Waals surface area contributed by atoms with Crippen molar-refractivity contribution in [1.29, 1.82) is 0 Å². The van der Waals surface area contributed by atoms with E-state index in [2.05, 4.69) is 13.8 Å². The van der Waals surface area contributed by atoms with Crippen molar-refractivity contribution in [3.05, 3.63) is 0 Å². The van der Waals surface area contributed by atoms with E-state index in [-0.39, 0.29) is 0 Å². The number of carbonyl (C=O) groups excluding carboxylic acids is 1. The van der Waals surface area contributed by atoms with Gasteiger partial charge in [-0.25, -0.2) is 0 Å². The third kappa shape index (κ3) is 2.90. The molecule has 1 amide bonds. The van der Waals surface area contributed by atoms with Gasteiger partial charge in [0.05, 0.1) is 0 Å². The van der Waals surface area contributed by atoms with Gasteiger partial charge < -0.3 is 4.90 Å². The second-order valence-corrected chi connectivity index (χ2v) is 4.57. The summed E-state index contributed by atoms with van der Waals surface area (Å²) in [6.07, 6.45) is 2.31. The number of carbonyl (C=O) groups is 1. The predicted octanol–water partition coefficient (Wildman–Crippen LogP) is 2.00. The van der Waals surface area contributed by atoms with Crippen LogP contribution in [0.5, 0.6) is 0 Å². The van der Waals surface area contributed by atoms with Crippen LogP contribution in [0.2, 0.25) is 0 Å². The molecule has 2 nitrogen and oxygen atoms in total. The number of nitrogens with zero attached hydrogens (tertiary/aromatic N) is 1. The highest BCUT2D eigenvalue weighted by Gasteiger charge is 2.24. The largest absolute Gasteiger partial charge is 0.343 e. The lowest BCUT2D eigenvalue weighted by Crippen LogP contribution is -2.37. The Balaban J connectivity index is 2.44. The van der Waals surface area contributed by atoms with Crippen LogP contribution in [0.3, 0.4) is 0 Å². The van der Waals surface area contributed by atoms with Gasteiger partial charge in [-0.1, -0.05) is 0 Å². The maximum Gasteiger partial charge on any atom is 0.226 e. The summed E-state index contributed by atoms with van der Waals surface area (Å²) in [7, 11) is 0. The monoisotopic (exact) mass is 201 g/mol. The topological polar surface area (TPSA) is 20.3 Å². The molecule has 1 aliphatic rings. The van der Waals surface area contributed by atoms with Crippen LogP contribution in [-0.2, 0) is 4.79 Å². The van der Waals surface area contributed by atoms with Crippen LogP contribution in [-0.4, -0.2) is 35.4 Å². The lowest BCUT2D eigenvalue weighted by atomic mass is 10.0. The van der Waals surface area contributed by atoms with Gasteiger partial charge in [0.25, 0.3) is 0 Å². The van der Waals surface area contributed by atoms with E-state index in [0.29, 0.717) is 11.8 Å². The molecule has 1 atom stereocenters. The van der Waals surface area contributed by atoms with Crippen LogP contribution in [0.15, 0.2) is 0 Å². The molecule has 0 saturated carbocycles. The molecule has 0 bridgehead atoms. The summed E-state index contributed by atoms with van der Waals surface area (Å²) in [5.41, 5.74) is 0. The normalized spacial score (nSPS) is 22.8. The molecule has 76 valence electrons. The molecular weight excluding hydrogens is 182 g/mol. The van der Waals surface area contributed by atoms with Crippen molar-refractivity contribution in [2.24, 2.45) is 5.92 Å². The van der Waals surface area contributed by atoms with E-state index in [9.17, 15) is 4.79 Å². The first-order valence-electron chi connectivity index (χ1n) is 5.16. The van der Waals surface area contributed by atoms with Gasteiger partial charge in [-0.05, 0) is 32.4 Å². The van der Waals surface area contributed by atoms with Gasteiger partial charge in [-0.3, -0.25) is 4.79 Å². The van der Waals surface area contributed by atoms with Crippen molar-refractivity contribution in [1.82, 2.24) is 4.90 Å². The summed E-state index contributed by atoms with van der Waals surface area (Å²) in [6, 6.07) is 0. The Labute approximate surface area is 85.1 Å². The van der Waals surface area contributed by atoms with Crippen LogP contribution >= 0.6 is 11.8 Å². The average molecular weight is 201 g/mol. The molecule has 1 fully saturated rings.